The molecule has 0 unspecified atom stereocenters. The van der Waals surface area contributed by atoms with Gasteiger partial charge < -0.3 is 10.0 Å². The molecular weight excluding hydrogens is 300 g/mol. The summed E-state index contributed by atoms with van der Waals surface area (Å²) >= 11 is 0. The molecule has 126 valence electrons. The number of phenols is 1. The Kier molecular flexibility index (Phi) is 5.16. The van der Waals surface area contributed by atoms with Gasteiger partial charge in [-0.25, -0.2) is 0 Å². The smallest absolute Gasteiger partial charge is 0.257 e. The normalized spacial score (nSPS) is 16.0. The van der Waals surface area contributed by atoms with E-state index in [-0.39, 0.29) is 11.7 Å². The number of aryl methyl sites for hydroxylation is 1. The SMILES string of the molecule is Cc1ccc(O)c(C(=O)N2CCCN(Cc3ccccc3)CC2)c1. The van der Waals surface area contributed by atoms with E-state index in [1.54, 1.807) is 12.1 Å². The summed E-state index contributed by atoms with van der Waals surface area (Å²) in [5, 5.41) is 10.00. The highest BCUT2D eigenvalue weighted by molar-refractivity contribution is 5.97. The van der Waals surface area contributed by atoms with Gasteiger partial charge in [0, 0.05) is 32.7 Å². The van der Waals surface area contributed by atoms with Crippen LogP contribution in [0, 0.1) is 6.92 Å². The molecule has 24 heavy (non-hydrogen) atoms. The van der Waals surface area contributed by atoms with E-state index in [4.69, 9.17) is 0 Å². The monoisotopic (exact) mass is 324 g/mol. The van der Waals surface area contributed by atoms with Gasteiger partial charge in [0.05, 0.1) is 5.56 Å². The van der Waals surface area contributed by atoms with Gasteiger partial charge in [-0.2, -0.15) is 0 Å². The van der Waals surface area contributed by atoms with E-state index in [9.17, 15) is 9.90 Å². The lowest BCUT2D eigenvalue weighted by Crippen LogP contribution is -2.35. The van der Waals surface area contributed by atoms with E-state index in [0.717, 1.165) is 38.2 Å². The summed E-state index contributed by atoms with van der Waals surface area (Å²) in [7, 11) is 0. The Morgan fingerprint density at radius 3 is 2.62 bits per heavy atom. The van der Waals surface area contributed by atoms with E-state index in [1.165, 1.54) is 5.56 Å². The summed E-state index contributed by atoms with van der Waals surface area (Å²) < 4.78 is 0. The fourth-order valence-electron chi connectivity index (χ4n) is 3.17. The molecule has 0 spiro atoms. The predicted molar refractivity (Wildman–Crippen MR) is 95.1 cm³/mol. The van der Waals surface area contributed by atoms with Crippen molar-refractivity contribution in [2.75, 3.05) is 26.2 Å². The molecule has 4 heteroatoms. The summed E-state index contributed by atoms with van der Waals surface area (Å²) in [5.41, 5.74) is 2.69. The number of benzene rings is 2. The van der Waals surface area contributed by atoms with Crippen LogP contribution in [0.4, 0.5) is 0 Å². The van der Waals surface area contributed by atoms with Crippen molar-refractivity contribution in [3.63, 3.8) is 0 Å². The second kappa shape index (κ2) is 7.49. The molecule has 0 aliphatic carbocycles. The van der Waals surface area contributed by atoms with Gasteiger partial charge in [0.25, 0.3) is 5.91 Å². The summed E-state index contributed by atoms with van der Waals surface area (Å²) in [5.74, 6) is -0.00579. The third-order valence-corrected chi connectivity index (χ3v) is 4.51. The Morgan fingerprint density at radius 1 is 1.04 bits per heavy atom. The van der Waals surface area contributed by atoms with Crippen LogP contribution in [0.5, 0.6) is 5.75 Å². The molecule has 1 heterocycles. The first kappa shape index (κ1) is 16.5. The van der Waals surface area contributed by atoms with Crippen molar-refractivity contribution in [2.45, 2.75) is 19.9 Å². The van der Waals surface area contributed by atoms with Crippen molar-refractivity contribution in [1.29, 1.82) is 0 Å². The third-order valence-electron chi connectivity index (χ3n) is 4.51. The van der Waals surface area contributed by atoms with Crippen LogP contribution in [-0.2, 0) is 6.54 Å². The average Bonchev–Trinajstić information content (AvgIpc) is 2.83. The Labute approximate surface area is 143 Å². The second-order valence-electron chi connectivity index (χ2n) is 6.43. The maximum Gasteiger partial charge on any atom is 0.257 e. The van der Waals surface area contributed by atoms with Gasteiger partial charge in [-0.3, -0.25) is 9.69 Å². The zero-order valence-electron chi connectivity index (χ0n) is 14.1. The molecule has 3 rings (SSSR count). The van der Waals surface area contributed by atoms with Gasteiger partial charge in [0.1, 0.15) is 5.75 Å². The van der Waals surface area contributed by atoms with E-state index in [2.05, 4.69) is 29.2 Å². The van der Waals surface area contributed by atoms with Gasteiger partial charge in [0.15, 0.2) is 0 Å². The zero-order chi connectivity index (χ0) is 16.9. The van der Waals surface area contributed by atoms with Crippen molar-refractivity contribution >= 4 is 5.91 Å². The maximum atomic E-state index is 12.7. The number of phenolic OH excluding ortho intramolecular Hbond substituents is 1. The molecule has 1 fully saturated rings. The largest absolute Gasteiger partial charge is 0.507 e. The van der Waals surface area contributed by atoms with E-state index in [1.807, 2.05) is 24.0 Å². The van der Waals surface area contributed by atoms with Crippen LogP contribution in [0.15, 0.2) is 48.5 Å². The fraction of sp³-hybridized carbons (Fsp3) is 0.350. The molecule has 0 radical (unpaired) electrons. The highest BCUT2D eigenvalue weighted by Crippen LogP contribution is 2.21. The maximum absolute atomic E-state index is 12.7. The van der Waals surface area contributed by atoms with Crippen molar-refractivity contribution < 1.29 is 9.90 Å². The van der Waals surface area contributed by atoms with Crippen LogP contribution in [0.3, 0.4) is 0 Å². The molecule has 0 bridgehead atoms. The molecule has 4 nitrogen and oxygen atoms in total. The van der Waals surface area contributed by atoms with Crippen molar-refractivity contribution in [2.24, 2.45) is 0 Å². The van der Waals surface area contributed by atoms with Crippen LogP contribution >= 0.6 is 0 Å². The van der Waals surface area contributed by atoms with Crippen LogP contribution < -0.4 is 0 Å². The number of hydrogen-bond donors (Lipinski definition) is 1. The summed E-state index contributed by atoms with van der Waals surface area (Å²) in [6, 6.07) is 15.6. The Hall–Kier alpha value is -2.33. The van der Waals surface area contributed by atoms with Gasteiger partial charge in [-0.15, -0.1) is 0 Å². The minimum absolute atomic E-state index is 0.0657. The fourth-order valence-corrected chi connectivity index (χ4v) is 3.17. The molecule has 2 aromatic carbocycles. The first-order valence-electron chi connectivity index (χ1n) is 8.48. The number of amides is 1. The summed E-state index contributed by atoms with van der Waals surface area (Å²) in [6.07, 6.45) is 0.950. The Balaban J connectivity index is 1.65. The minimum atomic E-state index is -0.0715. The van der Waals surface area contributed by atoms with Gasteiger partial charge in [-0.05, 0) is 31.0 Å². The van der Waals surface area contributed by atoms with E-state index >= 15 is 0 Å². The number of rotatable bonds is 3. The van der Waals surface area contributed by atoms with Gasteiger partial charge >= 0.3 is 0 Å². The molecule has 1 aliphatic heterocycles. The number of nitrogens with zero attached hydrogens (tertiary/aromatic N) is 2. The highest BCUT2D eigenvalue weighted by atomic mass is 16.3. The van der Waals surface area contributed by atoms with Gasteiger partial charge in [0.2, 0.25) is 0 Å². The first-order chi connectivity index (χ1) is 11.6. The first-order valence-corrected chi connectivity index (χ1v) is 8.48. The minimum Gasteiger partial charge on any atom is -0.507 e. The van der Waals surface area contributed by atoms with Gasteiger partial charge in [-0.1, -0.05) is 42.0 Å². The standard InChI is InChI=1S/C20H24N2O2/c1-16-8-9-19(23)18(14-16)20(24)22-11-5-10-21(12-13-22)15-17-6-3-2-4-7-17/h2-4,6-9,14,23H,5,10-13,15H2,1H3. The molecule has 1 aliphatic rings. The third kappa shape index (κ3) is 3.95. The Bertz CT molecular complexity index is 700. The number of aromatic hydroxyl groups is 1. The van der Waals surface area contributed by atoms with Crippen LogP contribution in [-0.4, -0.2) is 47.0 Å². The molecule has 2 aromatic rings. The molecular formula is C20H24N2O2. The zero-order valence-corrected chi connectivity index (χ0v) is 14.1. The lowest BCUT2D eigenvalue weighted by molar-refractivity contribution is 0.0758. The number of hydrogen-bond acceptors (Lipinski definition) is 3. The van der Waals surface area contributed by atoms with Crippen molar-refractivity contribution in [3.8, 4) is 5.75 Å². The second-order valence-corrected chi connectivity index (χ2v) is 6.43. The number of carbonyl (C=O) groups excluding carboxylic acids is 1. The van der Waals surface area contributed by atoms with Crippen molar-refractivity contribution in [3.05, 3.63) is 65.2 Å². The van der Waals surface area contributed by atoms with Crippen LogP contribution in [0.2, 0.25) is 0 Å². The lowest BCUT2D eigenvalue weighted by atomic mass is 10.1. The lowest BCUT2D eigenvalue weighted by Gasteiger charge is -2.22. The number of carbonyl (C=O) groups is 1. The molecule has 0 saturated carbocycles. The van der Waals surface area contributed by atoms with Crippen molar-refractivity contribution in [1.82, 2.24) is 9.80 Å². The quantitative estimate of drug-likeness (QED) is 0.944. The van der Waals surface area contributed by atoms with Crippen LogP contribution in [0.25, 0.3) is 0 Å². The highest BCUT2D eigenvalue weighted by Gasteiger charge is 2.22. The molecule has 1 amide bonds. The van der Waals surface area contributed by atoms with E-state index in [0.29, 0.717) is 12.1 Å². The topological polar surface area (TPSA) is 43.8 Å². The molecule has 0 aromatic heterocycles. The van der Waals surface area contributed by atoms with E-state index < -0.39 is 0 Å². The Morgan fingerprint density at radius 2 is 1.83 bits per heavy atom. The predicted octanol–water partition coefficient (Wildman–Crippen LogP) is 3.05. The average molecular weight is 324 g/mol. The van der Waals surface area contributed by atoms with Crippen LogP contribution in [0.1, 0.15) is 27.9 Å². The summed E-state index contributed by atoms with van der Waals surface area (Å²) in [4.78, 5) is 17.0. The molecule has 1 N–H and O–H groups in total. The summed E-state index contributed by atoms with van der Waals surface area (Å²) in [6.45, 7) is 6.11. The molecule has 1 saturated heterocycles. The molecule has 0 atom stereocenters.